The number of hydrogen-bond donors (Lipinski definition) is 3. The van der Waals surface area contributed by atoms with Crippen LogP contribution in [0.25, 0.3) is 10.2 Å². The Bertz CT molecular complexity index is 1090. The summed E-state index contributed by atoms with van der Waals surface area (Å²) in [4.78, 5) is 28.9. The van der Waals surface area contributed by atoms with Gasteiger partial charge in [0.1, 0.15) is 21.6 Å². The number of hydrogen-bond acceptors (Lipinski definition) is 7. The lowest BCUT2D eigenvalue weighted by Crippen LogP contribution is -2.12. The predicted octanol–water partition coefficient (Wildman–Crippen LogP) is 3.10. The van der Waals surface area contributed by atoms with Crippen molar-refractivity contribution in [1.82, 2.24) is 4.98 Å². The van der Waals surface area contributed by atoms with E-state index in [1.54, 1.807) is 31.2 Å². The van der Waals surface area contributed by atoms with E-state index in [-0.39, 0.29) is 22.9 Å². The van der Waals surface area contributed by atoms with Crippen molar-refractivity contribution in [2.75, 3.05) is 16.8 Å². The number of aromatic nitrogens is 1. The van der Waals surface area contributed by atoms with Gasteiger partial charge in [-0.25, -0.2) is 4.98 Å². The van der Waals surface area contributed by atoms with Crippen LogP contribution in [0.3, 0.4) is 0 Å². The largest absolute Gasteiger partial charge is 0.397 e. The van der Waals surface area contributed by atoms with E-state index in [0.717, 1.165) is 11.3 Å². The lowest BCUT2D eigenvalue weighted by atomic mass is 10.1. The van der Waals surface area contributed by atoms with Crippen LogP contribution < -0.4 is 16.8 Å². The third-order valence-electron chi connectivity index (χ3n) is 4.02. The van der Waals surface area contributed by atoms with Gasteiger partial charge in [-0.05, 0) is 43.7 Å². The molecule has 0 saturated carbocycles. The topological polar surface area (TPSA) is 135 Å². The van der Waals surface area contributed by atoms with Crippen molar-refractivity contribution in [3.05, 3.63) is 45.8 Å². The van der Waals surface area contributed by atoms with E-state index in [1.807, 2.05) is 6.07 Å². The summed E-state index contributed by atoms with van der Waals surface area (Å²) < 4.78 is 0. The average molecular weight is 365 g/mol. The molecule has 0 bridgehead atoms. The highest BCUT2D eigenvalue weighted by molar-refractivity contribution is 7.21. The minimum Gasteiger partial charge on any atom is -0.397 e. The Morgan fingerprint density at radius 1 is 1.23 bits per heavy atom. The zero-order chi connectivity index (χ0) is 19.0. The number of carbonyl (C=O) groups is 2. The molecule has 2 heterocycles. The smallest absolute Gasteiger partial charge is 0.267 e. The van der Waals surface area contributed by atoms with Crippen molar-refractivity contribution in [3.63, 3.8) is 0 Å². The number of anilines is 3. The monoisotopic (exact) mass is 365 g/mol. The van der Waals surface area contributed by atoms with Gasteiger partial charge in [0.15, 0.2) is 5.78 Å². The zero-order valence-electron chi connectivity index (χ0n) is 14.1. The number of benzene rings is 1. The predicted molar refractivity (Wildman–Crippen MR) is 102 cm³/mol. The number of rotatable bonds is 3. The van der Waals surface area contributed by atoms with Crippen molar-refractivity contribution in [3.8, 4) is 6.07 Å². The van der Waals surface area contributed by atoms with Crippen LogP contribution in [0.2, 0.25) is 0 Å². The van der Waals surface area contributed by atoms with Crippen LogP contribution in [-0.4, -0.2) is 16.7 Å². The van der Waals surface area contributed by atoms with Crippen LogP contribution in [0.4, 0.5) is 17.2 Å². The molecule has 26 heavy (non-hydrogen) atoms. The number of nitrogens with one attached hydrogen (secondary N) is 1. The van der Waals surface area contributed by atoms with Crippen LogP contribution in [0.5, 0.6) is 0 Å². The van der Waals surface area contributed by atoms with Crippen LogP contribution in [0, 0.1) is 18.3 Å². The van der Waals surface area contributed by atoms with E-state index in [9.17, 15) is 14.9 Å². The summed E-state index contributed by atoms with van der Waals surface area (Å²) in [6.45, 7) is 3.20. The van der Waals surface area contributed by atoms with Gasteiger partial charge in [-0.3, -0.25) is 9.59 Å². The van der Waals surface area contributed by atoms with E-state index < -0.39 is 5.91 Å². The number of aryl methyl sites for hydroxylation is 1. The second-order valence-corrected chi connectivity index (χ2v) is 6.72. The maximum atomic E-state index is 12.6. The van der Waals surface area contributed by atoms with Gasteiger partial charge in [0.05, 0.1) is 11.3 Å². The van der Waals surface area contributed by atoms with E-state index in [0.29, 0.717) is 31.9 Å². The fourth-order valence-corrected chi connectivity index (χ4v) is 3.70. The Morgan fingerprint density at radius 3 is 2.46 bits per heavy atom. The molecule has 130 valence electrons. The Labute approximate surface area is 153 Å². The van der Waals surface area contributed by atoms with E-state index >= 15 is 0 Å². The molecule has 7 nitrogen and oxygen atoms in total. The molecule has 5 N–H and O–H groups in total. The van der Waals surface area contributed by atoms with Crippen LogP contribution >= 0.6 is 11.3 Å². The van der Waals surface area contributed by atoms with E-state index in [1.165, 1.54) is 6.92 Å². The molecule has 0 aliphatic heterocycles. The maximum absolute atomic E-state index is 12.6. The first-order valence-corrected chi connectivity index (χ1v) is 8.45. The molecule has 0 atom stereocenters. The molecule has 1 aromatic carbocycles. The lowest BCUT2D eigenvalue weighted by Gasteiger charge is -2.05. The highest BCUT2D eigenvalue weighted by atomic mass is 32.1. The standard InChI is InChI=1S/C18H15N5O2S/c1-8-12(7-19)16(21)23-18-13(8)14(20)15(26-18)17(25)22-11-5-3-10(4-6-11)9(2)24/h3-6H,20H2,1-2H3,(H2,21,23)(H,22,25). The van der Waals surface area contributed by atoms with E-state index in [2.05, 4.69) is 10.3 Å². The summed E-state index contributed by atoms with van der Waals surface area (Å²) in [6.07, 6.45) is 0. The van der Waals surface area contributed by atoms with Crippen molar-refractivity contribution in [2.45, 2.75) is 13.8 Å². The number of Topliss-reactive ketones (excluding diaryl/α,β-unsaturated/α-hetero) is 1. The molecule has 8 heteroatoms. The van der Waals surface area contributed by atoms with Crippen molar-refractivity contribution in [2.24, 2.45) is 0 Å². The maximum Gasteiger partial charge on any atom is 0.267 e. The zero-order valence-corrected chi connectivity index (χ0v) is 14.9. The fraction of sp³-hybridized carbons (Fsp3) is 0.111. The first-order chi connectivity index (χ1) is 12.3. The summed E-state index contributed by atoms with van der Waals surface area (Å²) in [5, 5.41) is 12.5. The third-order valence-corrected chi connectivity index (χ3v) is 5.12. The Hall–Kier alpha value is -3.44. The van der Waals surface area contributed by atoms with Gasteiger partial charge in [0.25, 0.3) is 5.91 Å². The molecule has 3 rings (SSSR count). The van der Waals surface area contributed by atoms with Gasteiger partial charge < -0.3 is 16.8 Å². The lowest BCUT2D eigenvalue weighted by molar-refractivity contribution is 0.101. The van der Waals surface area contributed by atoms with Crippen molar-refractivity contribution >= 4 is 50.4 Å². The quantitative estimate of drug-likeness (QED) is 0.610. The number of ketones is 1. The molecular weight excluding hydrogens is 350 g/mol. The van der Waals surface area contributed by atoms with Crippen molar-refractivity contribution < 1.29 is 9.59 Å². The van der Waals surface area contributed by atoms with Gasteiger partial charge in [-0.1, -0.05) is 0 Å². The summed E-state index contributed by atoms with van der Waals surface area (Å²) in [5.74, 6) is -0.327. The number of nitrogen functional groups attached to an aromatic ring is 2. The number of nitriles is 1. The minimum absolute atomic E-state index is 0.0518. The number of carbonyl (C=O) groups excluding carboxylic acids is 2. The first kappa shape index (κ1) is 17.4. The van der Waals surface area contributed by atoms with Gasteiger partial charge >= 0.3 is 0 Å². The third kappa shape index (κ3) is 2.85. The number of thiophene rings is 1. The van der Waals surface area contributed by atoms with Gasteiger partial charge in [-0.15, -0.1) is 11.3 Å². The Morgan fingerprint density at radius 2 is 1.88 bits per heavy atom. The first-order valence-electron chi connectivity index (χ1n) is 7.64. The summed E-state index contributed by atoms with van der Waals surface area (Å²) >= 11 is 1.12. The van der Waals surface area contributed by atoms with Gasteiger partial charge in [-0.2, -0.15) is 5.26 Å². The van der Waals surface area contributed by atoms with E-state index in [4.69, 9.17) is 11.5 Å². The van der Waals surface area contributed by atoms with Crippen LogP contribution in [-0.2, 0) is 0 Å². The molecule has 0 radical (unpaired) electrons. The number of amides is 1. The van der Waals surface area contributed by atoms with Gasteiger partial charge in [0.2, 0.25) is 0 Å². The molecular formula is C18H15N5O2S. The molecule has 2 aromatic heterocycles. The molecule has 0 unspecified atom stereocenters. The number of nitrogens with two attached hydrogens (primary N) is 2. The summed E-state index contributed by atoms with van der Waals surface area (Å²) in [6, 6.07) is 8.58. The normalized spacial score (nSPS) is 10.5. The molecule has 3 aromatic rings. The van der Waals surface area contributed by atoms with Crippen molar-refractivity contribution in [1.29, 1.82) is 5.26 Å². The Balaban J connectivity index is 1.99. The second-order valence-electron chi connectivity index (χ2n) is 5.72. The average Bonchev–Trinajstić information content (AvgIpc) is 2.92. The minimum atomic E-state index is -0.391. The highest BCUT2D eigenvalue weighted by Gasteiger charge is 2.21. The fourth-order valence-electron chi connectivity index (χ4n) is 2.64. The van der Waals surface area contributed by atoms with Crippen LogP contribution in [0.15, 0.2) is 24.3 Å². The molecule has 0 fully saturated rings. The number of nitrogens with zero attached hydrogens (tertiary/aromatic N) is 2. The summed E-state index contributed by atoms with van der Waals surface area (Å²) in [5.41, 5.74) is 14.2. The number of fused-ring (bicyclic) bond motifs is 1. The molecule has 0 aliphatic rings. The second kappa shape index (κ2) is 6.46. The van der Waals surface area contributed by atoms with Gasteiger partial charge in [0, 0.05) is 16.6 Å². The highest BCUT2D eigenvalue weighted by Crippen LogP contribution is 2.37. The molecule has 1 amide bonds. The number of pyridine rings is 1. The Kier molecular flexibility index (Phi) is 4.32. The SMILES string of the molecule is CC(=O)c1ccc(NC(=O)c2sc3nc(N)c(C#N)c(C)c3c2N)cc1. The summed E-state index contributed by atoms with van der Waals surface area (Å²) in [7, 11) is 0. The van der Waals surface area contributed by atoms with Crippen LogP contribution in [0.1, 0.15) is 38.1 Å². The molecule has 0 spiro atoms. The molecule has 0 saturated heterocycles. The molecule has 0 aliphatic carbocycles.